The van der Waals surface area contributed by atoms with Crippen LogP contribution in [0.15, 0.2) is 35.4 Å². The van der Waals surface area contributed by atoms with Crippen molar-refractivity contribution in [2.75, 3.05) is 11.9 Å². The average Bonchev–Trinajstić information content (AvgIpc) is 3.51. The van der Waals surface area contributed by atoms with E-state index in [-0.39, 0.29) is 23.6 Å². The Morgan fingerprint density at radius 2 is 2.12 bits per heavy atom. The van der Waals surface area contributed by atoms with Crippen LogP contribution in [0.5, 0.6) is 0 Å². The van der Waals surface area contributed by atoms with E-state index in [2.05, 4.69) is 30.8 Å². The van der Waals surface area contributed by atoms with Gasteiger partial charge in [-0.15, -0.1) is 0 Å². The van der Waals surface area contributed by atoms with E-state index in [4.69, 9.17) is 11.6 Å². The average molecular weight is 452 g/mol. The molecule has 0 aliphatic heterocycles. The van der Waals surface area contributed by atoms with Crippen LogP contribution in [0.4, 0.5) is 5.82 Å². The van der Waals surface area contributed by atoms with Gasteiger partial charge in [0.25, 0.3) is 11.5 Å². The highest BCUT2D eigenvalue weighted by atomic mass is 35.5. The highest BCUT2D eigenvalue weighted by molar-refractivity contribution is 6.35. The number of rotatable bonds is 6. The Kier molecular flexibility index (Phi) is 5.05. The first kappa shape index (κ1) is 20.4. The van der Waals surface area contributed by atoms with Crippen molar-refractivity contribution < 1.29 is 4.79 Å². The van der Waals surface area contributed by atoms with Crippen molar-refractivity contribution >= 4 is 45.1 Å². The lowest BCUT2D eigenvalue weighted by Gasteiger charge is -2.21. The Morgan fingerprint density at radius 3 is 2.88 bits per heavy atom. The predicted octanol–water partition coefficient (Wildman–Crippen LogP) is 3.58. The quantitative estimate of drug-likeness (QED) is 0.412. The lowest BCUT2D eigenvalue weighted by Crippen LogP contribution is -2.26. The van der Waals surface area contributed by atoms with E-state index in [0.717, 1.165) is 23.9 Å². The number of carbonyl (C=O) groups excluding carboxylic acids is 1. The van der Waals surface area contributed by atoms with Gasteiger partial charge in [-0.2, -0.15) is 5.10 Å². The summed E-state index contributed by atoms with van der Waals surface area (Å²) in [5, 5.41) is 15.3. The van der Waals surface area contributed by atoms with Gasteiger partial charge in [0.15, 0.2) is 5.65 Å². The lowest BCUT2D eigenvalue weighted by molar-refractivity contribution is 0.0952. The fraction of sp³-hybridized carbons (Fsp3) is 0.318. The first-order valence-corrected chi connectivity index (χ1v) is 10.9. The number of pyridine rings is 1. The first-order valence-electron chi connectivity index (χ1n) is 10.6. The van der Waals surface area contributed by atoms with E-state index in [1.807, 2.05) is 36.6 Å². The minimum atomic E-state index is -0.282. The fourth-order valence-electron chi connectivity index (χ4n) is 4.05. The molecule has 1 fully saturated rings. The maximum absolute atomic E-state index is 13.4. The number of aromatic amines is 1. The van der Waals surface area contributed by atoms with Gasteiger partial charge in [0.05, 0.1) is 21.8 Å². The summed E-state index contributed by atoms with van der Waals surface area (Å²) in [7, 11) is 0. The Hall–Kier alpha value is -3.46. The Morgan fingerprint density at radius 1 is 1.31 bits per heavy atom. The molecule has 3 heterocycles. The molecule has 3 N–H and O–H groups in total. The third kappa shape index (κ3) is 3.38. The fourth-order valence-corrected chi connectivity index (χ4v) is 4.32. The molecule has 3 aromatic heterocycles. The van der Waals surface area contributed by atoms with Crippen LogP contribution in [0.25, 0.3) is 21.8 Å². The molecule has 9 nitrogen and oxygen atoms in total. The van der Waals surface area contributed by atoms with Gasteiger partial charge in [0.1, 0.15) is 17.8 Å². The first-order chi connectivity index (χ1) is 15.5. The van der Waals surface area contributed by atoms with Crippen LogP contribution in [0.1, 0.15) is 55.0 Å². The van der Waals surface area contributed by atoms with Gasteiger partial charge in [0, 0.05) is 18.3 Å². The number of fused-ring (bicyclic) bond motifs is 2. The molecule has 1 unspecified atom stereocenters. The summed E-state index contributed by atoms with van der Waals surface area (Å²) in [5.74, 6) is 0.189. The SMILES string of the molecule is CCNC(=O)c1[nH]nc2ncnc(NC(C)c3cc4cccc(Cl)c4c(=O)n3C3CC3)c12. The Bertz CT molecular complexity index is 1410. The number of anilines is 1. The highest BCUT2D eigenvalue weighted by Crippen LogP contribution is 2.38. The molecular formula is C22H22ClN7O2. The summed E-state index contributed by atoms with van der Waals surface area (Å²) in [6.45, 7) is 4.29. The van der Waals surface area contributed by atoms with E-state index in [1.165, 1.54) is 6.33 Å². The van der Waals surface area contributed by atoms with E-state index in [9.17, 15) is 9.59 Å². The zero-order chi connectivity index (χ0) is 22.4. The molecule has 1 saturated carbocycles. The standard InChI is InChI=1S/C22H22ClN7O2/c1-3-24-21(31)18-17-19(25-10-26-20(17)29-28-18)27-11(2)15-9-12-5-4-6-14(23)16(12)22(32)30(15)13-7-8-13/h4-6,9-11,13H,3,7-8H2,1-2H3,(H,24,31)(H2,25,26,27,28,29). The number of amides is 1. The second-order valence-corrected chi connectivity index (χ2v) is 8.33. The second kappa shape index (κ2) is 7.90. The third-order valence-corrected chi connectivity index (χ3v) is 6.00. The van der Waals surface area contributed by atoms with Gasteiger partial charge in [-0.3, -0.25) is 14.7 Å². The van der Waals surface area contributed by atoms with Gasteiger partial charge in [-0.1, -0.05) is 23.7 Å². The van der Waals surface area contributed by atoms with Crippen molar-refractivity contribution in [1.29, 1.82) is 0 Å². The number of hydrogen-bond acceptors (Lipinski definition) is 6. The number of nitrogens with zero attached hydrogens (tertiary/aromatic N) is 4. The zero-order valence-electron chi connectivity index (χ0n) is 17.6. The zero-order valence-corrected chi connectivity index (χ0v) is 18.4. The molecule has 5 rings (SSSR count). The summed E-state index contributed by atoms with van der Waals surface area (Å²) < 4.78 is 1.84. The molecule has 10 heteroatoms. The maximum Gasteiger partial charge on any atom is 0.270 e. The second-order valence-electron chi connectivity index (χ2n) is 7.92. The van der Waals surface area contributed by atoms with Gasteiger partial charge in [0.2, 0.25) is 0 Å². The molecule has 32 heavy (non-hydrogen) atoms. The summed E-state index contributed by atoms with van der Waals surface area (Å²) in [6, 6.07) is 7.35. The minimum absolute atomic E-state index is 0.0848. The van der Waals surface area contributed by atoms with Crippen LogP contribution in [0, 0.1) is 0 Å². The predicted molar refractivity (Wildman–Crippen MR) is 123 cm³/mol. The van der Waals surface area contributed by atoms with Crippen molar-refractivity contribution in [1.82, 2.24) is 30.0 Å². The molecule has 0 radical (unpaired) electrons. The van der Waals surface area contributed by atoms with E-state index in [1.54, 1.807) is 6.07 Å². The van der Waals surface area contributed by atoms with Gasteiger partial charge in [-0.05, 0) is 44.2 Å². The summed E-state index contributed by atoms with van der Waals surface area (Å²) >= 11 is 6.35. The van der Waals surface area contributed by atoms with E-state index < -0.39 is 0 Å². The van der Waals surface area contributed by atoms with E-state index >= 15 is 0 Å². The normalized spacial score (nSPS) is 14.6. The number of carbonyl (C=O) groups is 1. The minimum Gasteiger partial charge on any atom is -0.361 e. The number of benzene rings is 1. The number of halogens is 1. The lowest BCUT2D eigenvalue weighted by atomic mass is 10.1. The molecule has 0 bridgehead atoms. The molecule has 4 aromatic rings. The van der Waals surface area contributed by atoms with Crippen molar-refractivity contribution in [3.05, 3.63) is 57.4 Å². The summed E-state index contributed by atoms with van der Waals surface area (Å²) in [5.41, 5.74) is 1.43. The monoisotopic (exact) mass is 451 g/mol. The largest absolute Gasteiger partial charge is 0.361 e. The molecule has 1 aromatic carbocycles. The Labute approximate surface area is 188 Å². The third-order valence-electron chi connectivity index (χ3n) is 5.68. The van der Waals surface area contributed by atoms with Crippen molar-refractivity contribution in [3.63, 3.8) is 0 Å². The van der Waals surface area contributed by atoms with Crippen LogP contribution >= 0.6 is 11.6 Å². The van der Waals surface area contributed by atoms with Crippen LogP contribution < -0.4 is 16.2 Å². The number of H-pyrrole nitrogens is 1. The molecule has 1 aliphatic carbocycles. The smallest absolute Gasteiger partial charge is 0.270 e. The molecule has 1 aliphatic rings. The number of hydrogen-bond donors (Lipinski definition) is 3. The molecular weight excluding hydrogens is 430 g/mol. The van der Waals surface area contributed by atoms with Gasteiger partial charge in [-0.25, -0.2) is 9.97 Å². The van der Waals surface area contributed by atoms with Crippen LogP contribution in [0.3, 0.4) is 0 Å². The van der Waals surface area contributed by atoms with E-state index in [0.29, 0.717) is 39.5 Å². The number of aromatic nitrogens is 5. The molecule has 0 spiro atoms. The molecule has 1 atom stereocenters. The maximum atomic E-state index is 13.4. The topological polar surface area (TPSA) is 118 Å². The summed E-state index contributed by atoms with van der Waals surface area (Å²) in [4.78, 5) is 34.4. The van der Waals surface area contributed by atoms with Crippen LogP contribution in [-0.4, -0.2) is 37.2 Å². The summed E-state index contributed by atoms with van der Waals surface area (Å²) in [6.07, 6.45) is 3.31. The van der Waals surface area contributed by atoms with Crippen molar-refractivity contribution in [3.8, 4) is 0 Å². The molecule has 164 valence electrons. The number of nitrogens with one attached hydrogen (secondary N) is 3. The van der Waals surface area contributed by atoms with Crippen molar-refractivity contribution in [2.24, 2.45) is 0 Å². The van der Waals surface area contributed by atoms with Crippen LogP contribution in [0.2, 0.25) is 5.02 Å². The van der Waals surface area contributed by atoms with Gasteiger partial charge < -0.3 is 15.2 Å². The highest BCUT2D eigenvalue weighted by Gasteiger charge is 2.30. The van der Waals surface area contributed by atoms with Crippen molar-refractivity contribution in [2.45, 2.75) is 38.8 Å². The Balaban J connectivity index is 1.61. The van der Waals surface area contributed by atoms with Crippen LogP contribution in [-0.2, 0) is 0 Å². The molecule has 1 amide bonds. The molecule has 0 saturated heterocycles. The van der Waals surface area contributed by atoms with Gasteiger partial charge >= 0.3 is 0 Å².